The van der Waals surface area contributed by atoms with Crippen LogP contribution in [0.5, 0.6) is 0 Å². The van der Waals surface area contributed by atoms with E-state index in [0.717, 1.165) is 35.2 Å². The molecule has 0 saturated carbocycles. The van der Waals surface area contributed by atoms with E-state index in [0.29, 0.717) is 17.4 Å². The van der Waals surface area contributed by atoms with Gasteiger partial charge in [0.15, 0.2) is 24.1 Å². The Labute approximate surface area is 247 Å². The van der Waals surface area contributed by atoms with Crippen molar-refractivity contribution in [1.29, 1.82) is 0 Å². The van der Waals surface area contributed by atoms with Crippen LogP contribution in [0.1, 0.15) is 19.7 Å². The lowest BCUT2D eigenvalue weighted by Crippen LogP contribution is -2.71. The van der Waals surface area contributed by atoms with Gasteiger partial charge in [-0.2, -0.15) is 9.36 Å². The zero-order valence-electron chi connectivity index (χ0n) is 22.4. The van der Waals surface area contributed by atoms with Gasteiger partial charge in [0.25, 0.3) is 11.8 Å². The molecule has 0 spiro atoms. The van der Waals surface area contributed by atoms with Gasteiger partial charge >= 0.3 is 11.9 Å². The van der Waals surface area contributed by atoms with Gasteiger partial charge in [-0.15, -0.1) is 11.8 Å². The fraction of sp³-hybridized carbons (Fsp3) is 0.417. The Morgan fingerprint density at radius 3 is 2.57 bits per heavy atom. The number of nitrogen functional groups attached to an aromatic ring is 1. The van der Waals surface area contributed by atoms with Gasteiger partial charge in [-0.3, -0.25) is 14.5 Å². The first kappa shape index (κ1) is 29.2. The molecule has 0 bridgehead atoms. The van der Waals surface area contributed by atoms with Gasteiger partial charge in [0.1, 0.15) is 17.1 Å². The number of carbonyl (C=O) groups excluding carboxylic acids is 2. The Morgan fingerprint density at radius 1 is 1.29 bits per heavy atom. The topological polar surface area (TPSA) is 225 Å². The molecule has 0 aliphatic carbocycles. The van der Waals surface area contributed by atoms with Crippen molar-refractivity contribution in [3.63, 3.8) is 0 Å². The SMILES string of the molecule is CC(C)(O/N=C(\C(=O)N[C@@H]1C(=O)N2C(C(=O)O)=C(C[n+]3ccc(NC4CNC4)cc3)CS[C@H]12)c1nsc(N)n1)C(=O)O. The predicted molar refractivity (Wildman–Crippen MR) is 150 cm³/mol. The second-order valence-electron chi connectivity index (χ2n) is 10.2. The summed E-state index contributed by atoms with van der Waals surface area (Å²) in [6, 6.07) is 3.11. The number of amides is 2. The molecule has 5 rings (SSSR count). The highest BCUT2D eigenvalue weighted by Crippen LogP contribution is 2.40. The summed E-state index contributed by atoms with van der Waals surface area (Å²) in [7, 11) is 0. The van der Waals surface area contributed by atoms with E-state index in [1.54, 1.807) is 0 Å². The Hall–Kier alpha value is -4.29. The molecular weight excluding hydrogens is 590 g/mol. The molecule has 7 N–H and O–H groups in total. The van der Waals surface area contributed by atoms with Crippen molar-refractivity contribution in [2.75, 3.05) is 29.9 Å². The molecule has 0 aromatic carbocycles. The molecule has 222 valence electrons. The van der Waals surface area contributed by atoms with E-state index in [4.69, 9.17) is 10.6 Å². The van der Waals surface area contributed by atoms with E-state index in [-0.39, 0.29) is 23.2 Å². The number of aromatic nitrogens is 3. The highest BCUT2D eigenvalue weighted by Gasteiger charge is 2.55. The van der Waals surface area contributed by atoms with Crippen molar-refractivity contribution < 1.29 is 38.8 Å². The van der Waals surface area contributed by atoms with Crippen molar-refractivity contribution in [2.24, 2.45) is 5.16 Å². The normalized spacial score (nSPS) is 20.8. The second-order valence-corrected chi connectivity index (χ2v) is 12.1. The molecule has 0 radical (unpaired) electrons. The summed E-state index contributed by atoms with van der Waals surface area (Å²) in [5, 5.41) is 31.5. The number of nitrogens with two attached hydrogens (primary N) is 1. The molecule has 2 aromatic heterocycles. The van der Waals surface area contributed by atoms with E-state index in [1.807, 2.05) is 29.1 Å². The summed E-state index contributed by atoms with van der Waals surface area (Å²) in [4.78, 5) is 60.2. The molecule has 5 heterocycles. The first-order valence-electron chi connectivity index (χ1n) is 12.7. The van der Waals surface area contributed by atoms with Crippen molar-refractivity contribution in [3.05, 3.63) is 41.6 Å². The molecule has 0 unspecified atom stereocenters. The standard InChI is InChI=1S/C24H27N9O7S2/c1-24(2,22(38)39)40-30-14(17-29-23(25)42-31-17)18(34)28-15-19(35)33-16(21(36)37)11(10-41-20(15)33)9-32-5-3-12(4-6-32)27-13-7-26-8-13/h3-6,13,15,20,26H,7-10H2,1-2H3,(H5,25,28,29,31,34,36,37,38,39)/p+1/b30-14-/t15-,20-/m1/s1. The lowest BCUT2D eigenvalue weighted by molar-refractivity contribution is -0.688. The van der Waals surface area contributed by atoms with Crippen LogP contribution in [0.2, 0.25) is 0 Å². The Balaban J connectivity index is 1.30. The maximum atomic E-state index is 13.2. The molecule has 2 amide bonds. The summed E-state index contributed by atoms with van der Waals surface area (Å²) in [6.07, 6.45) is 3.68. The number of anilines is 2. The number of aliphatic carboxylic acids is 2. The lowest BCUT2D eigenvalue weighted by atomic mass is 10.0. The summed E-state index contributed by atoms with van der Waals surface area (Å²) in [6.45, 7) is 4.52. The minimum Gasteiger partial charge on any atom is -0.478 e. The summed E-state index contributed by atoms with van der Waals surface area (Å²) in [5.74, 6) is -4.02. The van der Waals surface area contributed by atoms with Crippen LogP contribution in [0.25, 0.3) is 0 Å². The monoisotopic (exact) mass is 618 g/mol. The smallest absolute Gasteiger partial charge is 0.352 e. The maximum absolute atomic E-state index is 13.2. The van der Waals surface area contributed by atoms with Crippen molar-refractivity contribution in [3.8, 4) is 0 Å². The number of carboxylic acids is 2. The first-order chi connectivity index (χ1) is 19.9. The number of rotatable bonds is 11. The zero-order valence-corrected chi connectivity index (χ0v) is 24.1. The molecule has 2 aromatic rings. The predicted octanol–water partition coefficient (Wildman–Crippen LogP) is -1.19. The number of carboxylic acid groups (broad SMARTS) is 2. The third-order valence-corrected chi connectivity index (χ3v) is 8.58. The summed E-state index contributed by atoms with van der Waals surface area (Å²) in [5.41, 5.74) is 4.74. The minimum absolute atomic E-state index is 0.0277. The number of β-lactam (4-membered cyclic amide) rings is 1. The third kappa shape index (κ3) is 5.86. The van der Waals surface area contributed by atoms with Crippen LogP contribution in [-0.2, 0) is 30.6 Å². The molecule has 18 heteroatoms. The van der Waals surface area contributed by atoms with Crippen molar-refractivity contribution >= 4 is 63.6 Å². The average molecular weight is 619 g/mol. The highest BCUT2D eigenvalue weighted by molar-refractivity contribution is 8.00. The number of nitrogens with one attached hydrogen (secondary N) is 3. The Morgan fingerprint density at radius 2 is 2.00 bits per heavy atom. The molecule has 2 fully saturated rings. The van der Waals surface area contributed by atoms with Gasteiger partial charge in [-0.25, -0.2) is 14.2 Å². The number of oxime groups is 1. The van der Waals surface area contributed by atoms with E-state index in [9.17, 15) is 29.4 Å². The Bertz CT molecular complexity index is 1490. The molecule has 3 aliphatic rings. The molecular formula is C24H28N9O7S2+. The fourth-order valence-electron chi connectivity index (χ4n) is 4.23. The van der Waals surface area contributed by atoms with Gasteiger partial charge in [0.05, 0.1) is 6.04 Å². The van der Waals surface area contributed by atoms with E-state index >= 15 is 0 Å². The lowest BCUT2D eigenvalue weighted by Gasteiger charge is -2.49. The van der Waals surface area contributed by atoms with Crippen LogP contribution >= 0.6 is 23.3 Å². The van der Waals surface area contributed by atoms with E-state index < -0.39 is 46.5 Å². The van der Waals surface area contributed by atoms with Gasteiger partial charge in [0.2, 0.25) is 17.1 Å². The number of hydrogen-bond acceptors (Lipinski definition) is 13. The molecule has 42 heavy (non-hydrogen) atoms. The minimum atomic E-state index is -1.78. The maximum Gasteiger partial charge on any atom is 0.352 e. The quantitative estimate of drug-likeness (QED) is 0.0755. The molecule has 3 aliphatic heterocycles. The number of thioether (sulfide) groups is 1. The van der Waals surface area contributed by atoms with Crippen LogP contribution < -0.4 is 26.3 Å². The van der Waals surface area contributed by atoms with Crippen molar-refractivity contribution in [2.45, 2.75) is 43.5 Å². The van der Waals surface area contributed by atoms with Crippen LogP contribution in [0.15, 0.2) is 41.0 Å². The summed E-state index contributed by atoms with van der Waals surface area (Å²) < 4.78 is 5.77. The van der Waals surface area contributed by atoms with Crippen molar-refractivity contribution in [1.82, 2.24) is 24.9 Å². The number of nitrogens with zero attached hydrogens (tertiary/aromatic N) is 5. The van der Waals surface area contributed by atoms with Gasteiger partial charge in [-0.05, 0) is 13.8 Å². The fourth-order valence-corrected chi connectivity index (χ4v) is 6.00. The summed E-state index contributed by atoms with van der Waals surface area (Å²) >= 11 is 2.09. The van der Waals surface area contributed by atoms with E-state index in [1.165, 1.54) is 25.6 Å². The first-order valence-corrected chi connectivity index (χ1v) is 14.5. The van der Waals surface area contributed by atoms with Crippen LogP contribution in [-0.4, -0.2) is 95.8 Å². The zero-order chi connectivity index (χ0) is 30.2. The van der Waals surface area contributed by atoms with Crippen LogP contribution in [0.4, 0.5) is 10.8 Å². The highest BCUT2D eigenvalue weighted by atomic mass is 32.2. The molecule has 2 atom stereocenters. The number of pyridine rings is 1. The number of fused-ring (bicyclic) bond motifs is 1. The van der Waals surface area contributed by atoms with Crippen LogP contribution in [0, 0.1) is 0 Å². The third-order valence-electron chi connectivity index (χ3n) is 6.70. The van der Waals surface area contributed by atoms with E-state index in [2.05, 4.69) is 30.5 Å². The second kappa shape index (κ2) is 11.5. The van der Waals surface area contributed by atoms with Gasteiger partial charge in [-0.1, -0.05) is 5.16 Å². The van der Waals surface area contributed by atoms with Gasteiger partial charge in [0, 0.05) is 53.8 Å². The van der Waals surface area contributed by atoms with Crippen LogP contribution in [0.3, 0.4) is 0 Å². The molecule has 16 nitrogen and oxygen atoms in total. The largest absolute Gasteiger partial charge is 0.478 e. The molecule has 2 saturated heterocycles. The Kier molecular flexibility index (Phi) is 8.02. The number of carbonyl (C=O) groups is 4. The van der Waals surface area contributed by atoms with Gasteiger partial charge < -0.3 is 36.7 Å². The number of hydrogen-bond donors (Lipinski definition) is 6. The average Bonchev–Trinajstić information content (AvgIpc) is 3.35.